The average Bonchev–Trinajstić information content (AvgIpc) is 2.56. The Labute approximate surface area is 144 Å². The van der Waals surface area contributed by atoms with E-state index in [0.29, 0.717) is 19.3 Å². The maximum absolute atomic E-state index is 12.2. The van der Waals surface area contributed by atoms with Crippen molar-refractivity contribution < 1.29 is 19.4 Å². The molecule has 0 spiro atoms. The summed E-state index contributed by atoms with van der Waals surface area (Å²) < 4.78 is 5.82. The highest BCUT2D eigenvalue weighted by Crippen LogP contribution is 2.22. The van der Waals surface area contributed by atoms with Gasteiger partial charge in [0.2, 0.25) is 5.91 Å². The highest BCUT2D eigenvalue weighted by Gasteiger charge is 2.33. The van der Waals surface area contributed by atoms with Gasteiger partial charge in [-0.2, -0.15) is 0 Å². The minimum Gasteiger partial charge on any atom is -0.394 e. The van der Waals surface area contributed by atoms with Crippen LogP contribution in [0.4, 0.5) is 4.79 Å². The van der Waals surface area contributed by atoms with E-state index >= 15 is 0 Å². The third kappa shape index (κ3) is 5.63. The lowest BCUT2D eigenvalue weighted by Gasteiger charge is -2.36. The topological polar surface area (TPSA) is 90.9 Å². The van der Waals surface area contributed by atoms with Crippen molar-refractivity contribution in [3.8, 4) is 0 Å². The Bertz CT molecular complexity index is 424. The molecule has 0 aromatic carbocycles. The van der Waals surface area contributed by atoms with Crippen LogP contribution >= 0.6 is 0 Å². The minimum atomic E-state index is -0.462. The summed E-state index contributed by atoms with van der Waals surface area (Å²) in [5, 5.41) is 15.5. The van der Waals surface area contributed by atoms with Crippen LogP contribution < -0.4 is 10.6 Å². The lowest BCUT2D eigenvalue weighted by atomic mass is 9.95. The molecule has 0 aromatic heterocycles. The normalized spacial score (nSPS) is 28.2. The van der Waals surface area contributed by atoms with Gasteiger partial charge in [-0.25, -0.2) is 4.79 Å². The molecule has 0 unspecified atom stereocenters. The van der Waals surface area contributed by atoms with Crippen molar-refractivity contribution in [2.75, 3.05) is 20.7 Å². The number of aliphatic hydroxyl groups is 1. The summed E-state index contributed by atoms with van der Waals surface area (Å²) >= 11 is 0. The molecule has 2 aliphatic rings. The monoisotopic (exact) mass is 341 g/mol. The number of rotatable bonds is 5. The zero-order valence-electron chi connectivity index (χ0n) is 14.8. The van der Waals surface area contributed by atoms with E-state index in [-0.39, 0.29) is 36.7 Å². The molecule has 0 bridgehead atoms. The predicted octanol–water partition coefficient (Wildman–Crippen LogP) is 1.01. The Morgan fingerprint density at radius 3 is 2.42 bits per heavy atom. The Hall–Kier alpha value is -1.34. The molecule has 3 atom stereocenters. The molecular formula is C17H31N3O4. The van der Waals surface area contributed by atoms with Gasteiger partial charge in [-0.15, -0.1) is 0 Å². The molecule has 1 aliphatic carbocycles. The molecule has 24 heavy (non-hydrogen) atoms. The highest BCUT2D eigenvalue weighted by atomic mass is 16.5. The van der Waals surface area contributed by atoms with Crippen LogP contribution in [0, 0.1) is 0 Å². The molecule has 3 N–H and O–H groups in total. The number of ether oxygens (including phenoxy) is 1. The third-order valence-corrected chi connectivity index (χ3v) is 4.95. The predicted molar refractivity (Wildman–Crippen MR) is 90.6 cm³/mol. The van der Waals surface area contributed by atoms with E-state index < -0.39 is 6.10 Å². The summed E-state index contributed by atoms with van der Waals surface area (Å²) in [5.41, 5.74) is 0. The first-order valence-electron chi connectivity index (χ1n) is 9.03. The molecule has 7 heteroatoms. The summed E-state index contributed by atoms with van der Waals surface area (Å²) in [4.78, 5) is 25.5. The number of amides is 3. The first-order chi connectivity index (χ1) is 11.5. The van der Waals surface area contributed by atoms with E-state index in [2.05, 4.69) is 10.6 Å². The molecule has 3 amide bonds. The molecule has 1 saturated carbocycles. The number of carbonyl (C=O) groups excluding carboxylic acids is 2. The van der Waals surface area contributed by atoms with Gasteiger partial charge in [0.1, 0.15) is 6.10 Å². The molecule has 7 nitrogen and oxygen atoms in total. The van der Waals surface area contributed by atoms with Crippen LogP contribution in [0.15, 0.2) is 0 Å². The number of hydrogen-bond acceptors (Lipinski definition) is 4. The van der Waals surface area contributed by atoms with E-state index in [1.165, 1.54) is 19.3 Å². The van der Waals surface area contributed by atoms with Crippen LogP contribution in [0.25, 0.3) is 0 Å². The van der Waals surface area contributed by atoms with E-state index in [0.717, 1.165) is 12.8 Å². The van der Waals surface area contributed by atoms with E-state index in [1.54, 1.807) is 19.0 Å². The van der Waals surface area contributed by atoms with Gasteiger partial charge in [-0.05, 0) is 25.7 Å². The Balaban J connectivity index is 1.78. The van der Waals surface area contributed by atoms with Crippen molar-refractivity contribution in [2.45, 2.75) is 75.7 Å². The van der Waals surface area contributed by atoms with Gasteiger partial charge in [0.25, 0.3) is 0 Å². The fraction of sp³-hybridized carbons (Fsp3) is 0.882. The summed E-state index contributed by atoms with van der Waals surface area (Å²) in [6, 6.07) is -0.151. The maximum atomic E-state index is 12.2. The Kier molecular flexibility index (Phi) is 7.30. The van der Waals surface area contributed by atoms with E-state index in [4.69, 9.17) is 4.74 Å². The number of nitrogens with one attached hydrogen (secondary N) is 2. The molecule has 2 rings (SSSR count). The Morgan fingerprint density at radius 1 is 1.08 bits per heavy atom. The van der Waals surface area contributed by atoms with Gasteiger partial charge in [-0.1, -0.05) is 19.3 Å². The summed E-state index contributed by atoms with van der Waals surface area (Å²) in [6.07, 6.45) is 6.70. The maximum Gasteiger partial charge on any atom is 0.315 e. The van der Waals surface area contributed by atoms with Crippen LogP contribution in [0.5, 0.6) is 0 Å². The van der Waals surface area contributed by atoms with Gasteiger partial charge in [0.05, 0.1) is 25.2 Å². The van der Waals surface area contributed by atoms with Crippen molar-refractivity contribution in [3.05, 3.63) is 0 Å². The second kappa shape index (κ2) is 9.22. The van der Waals surface area contributed by atoms with Crippen LogP contribution in [0.1, 0.15) is 51.4 Å². The fourth-order valence-corrected chi connectivity index (χ4v) is 3.47. The van der Waals surface area contributed by atoms with Crippen molar-refractivity contribution >= 4 is 11.9 Å². The van der Waals surface area contributed by atoms with Gasteiger partial charge >= 0.3 is 6.03 Å². The smallest absolute Gasteiger partial charge is 0.315 e. The summed E-state index contributed by atoms with van der Waals surface area (Å²) in [6.45, 7) is -0.166. The van der Waals surface area contributed by atoms with Crippen LogP contribution in [0.3, 0.4) is 0 Å². The van der Waals surface area contributed by atoms with Crippen molar-refractivity contribution in [2.24, 2.45) is 0 Å². The van der Waals surface area contributed by atoms with E-state index in [1.807, 2.05) is 0 Å². The summed E-state index contributed by atoms with van der Waals surface area (Å²) in [5.74, 6) is 0.0122. The van der Waals surface area contributed by atoms with Crippen molar-refractivity contribution in [1.29, 1.82) is 0 Å². The highest BCUT2D eigenvalue weighted by molar-refractivity contribution is 5.76. The number of aliphatic hydroxyl groups excluding tert-OH is 1. The quantitative estimate of drug-likeness (QED) is 0.696. The number of nitrogens with zero attached hydrogens (tertiary/aromatic N) is 1. The first kappa shape index (κ1) is 19.0. The van der Waals surface area contributed by atoms with Crippen LogP contribution in [0.2, 0.25) is 0 Å². The minimum absolute atomic E-state index is 0.0122. The Morgan fingerprint density at radius 2 is 1.79 bits per heavy atom. The molecule has 138 valence electrons. The zero-order chi connectivity index (χ0) is 17.5. The molecule has 2 fully saturated rings. The molecule has 1 heterocycles. The largest absolute Gasteiger partial charge is 0.394 e. The molecule has 1 saturated heterocycles. The van der Waals surface area contributed by atoms with Gasteiger partial charge in [0.15, 0.2) is 0 Å². The number of urea groups is 1. The number of hydrogen-bond donors (Lipinski definition) is 3. The lowest BCUT2D eigenvalue weighted by Crippen LogP contribution is -2.55. The second-order valence-corrected chi connectivity index (χ2v) is 7.11. The fourth-order valence-electron chi connectivity index (χ4n) is 3.47. The number of carbonyl (C=O) groups is 2. The molecule has 0 aromatic rings. The van der Waals surface area contributed by atoms with Crippen molar-refractivity contribution in [3.63, 3.8) is 0 Å². The SMILES string of the molecule is CN(C)C(=O)C[C@H]1CC[C@H](NC(=O)NC2CCCCC2)[C@@H](CO)O1. The van der Waals surface area contributed by atoms with Crippen LogP contribution in [-0.4, -0.2) is 66.9 Å². The molecular weight excluding hydrogens is 310 g/mol. The van der Waals surface area contributed by atoms with Gasteiger partial charge in [0, 0.05) is 20.1 Å². The first-order valence-corrected chi connectivity index (χ1v) is 9.03. The zero-order valence-corrected chi connectivity index (χ0v) is 14.8. The molecule has 0 radical (unpaired) electrons. The summed E-state index contributed by atoms with van der Waals surface area (Å²) in [7, 11) is 3.43. The molecule has 1 aliphatic heterocycles. The lowest BCUT2D eigenvalue weighted by molar-refractivity contribution is -0.137. The van der Waals surface area contributed by atoms with E-state index in [9.17, 15) is 14.7 Å². The van der Waals surface area contributed by atoms with Crippen molar-refractivity contribution in [1.82, 2.24) is 15.5 Å². The third-order valence-electron chi connectivity index (χ3n) is 4.95. The second-order valence-electron chi connectivity index (χ2n) is 7.11. The van der Waals surface area contributed by atoms with Gasteiger partial charge < -0.3 is 25.4 Å². The standard InChI is InChI=1S/C17H31N3O4/c1-20(2)16(22)10-13-8-9-14(15(11-21)24-13)19-17(23)18-12-6-4-3-5-7-12/h12-15,21H,3-11H2,1-2H3,(H2,18,19,23)/t13-,14+,15-/m1/s1. The van der Waals surface area contributed by atoms with Gasteiger partial charge in [-0.3, -0.25) is 4.79 Å². The van der Waals surface area contributed by atoms with Crippen LogP contribution in [-0.2, 0) is 9.53 Å². The average molecular weight is 341 g/mol.